The first-order valence-corrected chi connectivity index (χ1v) is 7.28. The summed E-state index contributed by atoms with van der Waals surface area (Å²) in [6.07, 6.45) is 2.69. The van der Waals surface area contributed by atoms with Crippen LogP contribution in [0.25, 0.3) is 0 Å². The molecule has 2 aliphatic rings. The van der Waals surface area contributed by atoms with Crippen molar-refractivity contribution >= 4 is 6.09 Å². The number of hydrogen-bond acceptors (Lipinski definition) is 4. The quantitative estimate of drug-likeness (QED) is 0.753. The summed E-state index contributed by atoms with van der Waals surface area (Å²) in [6.45, 7) is 9.19. The van der Waals surface area contributed by atoms with Gasteiger partial charge in [-0.15, -0.1) is 0 Å². The minimum atomic E-state index is -0.427. The van der Waals surface area contributed by atoms with Gasteiger partial charge in [-0.1, -0.05) is 0 Å². The van der Waals surface area contributed by atoms with E-state index in [9.17, 15) is 4.79 Å². The summed E-state index contributed by atoms with van der Waals surface area (Å²) in [7, 11) is 0. The summed E-state index contributed by atoms with van der Waals surface area (Å²) in [6, 6.07) is 0. The molecular weight excluding hydrogens is 242 g/mol. The molecule has 2 fully saturated rings. The molecule has 5 heteroatoms. The second-order valence-corrected chi connectivity index (χ2v) is 6.89. The van der Waals surface area contributed by atoms with Gasteiger partial charge in [-0.25, -0.2) is 4.79 Å². The Kier molecular flexibility index (Phi) is 4.06. The highest BCUT2D eigenvalue weighted by Crippen LogP contribution is 2.31. The summed E-state index contributed by atoms with van der Waals surface area (Å²) in [5.41, 5.74) is 6.00. The van der Waals surface area contributed by atoms with Crippen molar-refractivity contribution in [2.24, 2.45) is 11.7 Å². The van der Waals surface area contributed by atoms with Crippen LogP contribution in [0, 0.1) is 5.92 Å². The normalized spacial score (nSPS) is 27.4. The fourth-order valence-electron chi connectivity index (χ4n) is 2.99. The molecule has 0 aromatic carbocycles. The van der Waals surface area contributed by atoms with E-state index in [1.54, 1.807) is 4.90 Å². The molecule has 1 amide bonds. The van der Waals surface area contributed by atoms with Crippen LogP contribution >= 0.6 is 0 Å². The van der Waals surface area contributed by atoms with Crippen LogP contribution in [0.2, 0.25) is 0 Å². The minimum Gasteiger partial charge on any atom is -0.444 e. The molecule has 0 radical (unpaired) electrons. The van der Waals surface area contributed by atoms with Crippen LogP contribution < -0.4 is 11.1 Å². The van der Waals surface area contributed by atoms with Crippen molar-refractivity contribution in [1.82, 2.24) is 10.2 Å². The summed E-state index contributed by atoms with van der Waals surface area (Å²) in [5, 5.41) is 3.37. The molecule has 19 heavy (non-hydrogen) atoms. The van der Waals surface area contributed by atoms with Crippen molar-refractivity contribution in [3.8, 4) is 0 Å². The maximum atomic E-state index is 12.0. The van der Waals surface area contributed by atoms with Crippen LogP contribution in [0.3, 0.4) is 0 Å². The molecule has 1 unspecified atom stereocenters. The Balaban J connectivity index is 1.86. The van der Waals surface area contributed by atoms with Crippen LogP contribution in [0.5, 0.6) is 0 Å². The molecule has 2 heterocycles. The molecule has 0 aromatic rings. The number of rotatable bonds is 1. The van der Waals surface area contributed by atoms with Gasteiger partial charge in [0.25, 0.3) is 0 Å². The smallest absolute Gasteiger partial charge is 0.410 e. The summed E-state index contributed by atoms with van der Waals surface area (Å²) in [5.74, 6) is 0.549. The summed E-state index contributed by atoms with van der Waals surface area (Å²) < 4.78 is 5.40. The SMILES string of the molecule is CC(C)(C)OC(=O)N1CCC(N)(C2CCNC2)CC1. The number of amides is 1. The van der Waals surface area contributed by atoms with E-state index in [0.29, 0.717) is 19.0 Å². The van der Waals surface area contributed by atoms with E-state index in [2.05, 4.69) is 5.32 Å². The number of nitrogens with one attached hydrogen (secondary N) is 1. The first-order chi connectivity index (χ1) is 8.80. The minimum absolute atomic E-state index is 0.109. The van der Waals surface area contributed by atoms with E-state index in [1.807, 2.05) is 20.8 Å². The average Bonchev–Trinajstić information content (AvgIpc) is 2.81. The highest BCUT2D eigenvalue weighted by Gasteiger charge is 2.40. The highest BCUT2D eigenvalue weighted by molar-refractivity contribution is 5.68. The molecule has 5 nitrogen and oxygen atoms in total. The van der Waals surface area contributed by atoms with E-state index in [-0.39, 0.29) is 11.6 Å². The summed E-state index contributed by atoms with van der Waals surface area (Å²) >= 11 is 0. The highest BCUT2D eigenvalue weighted by atomic mass is 16.6. The van der Waals surface area contributed by atoms with Crippen molar-refractivity contribution < 1.29 is 9.53 Å². The fraction of sp³-hybridized carbons (Fsp3) is 0.929. The average molecular weight is 269 g/mol. The van der Waals surface area contributed by atoms with Crippen LogP contribution in [0.15, 0.2) is 0 Å². The van der Waals surface area contributed by atoms with Gasteiger partial charge in [0.15, 0.2) is 0 Å². The number of ether oxygens (including phenoxy) is 1. The molecule has 2 aliphatic heterocycles. The van der Waals surface area contributed by atoms with Gasteiger partial charge in [0.1, 0.15) is 5.60 Å². The topological polar surface area (TPSA) is 67.6 Å². The zero-order chi connectivity index (χ0) is 14.1. The molecule has 2 saturated heterocycles. The monoisotopic (exact) mass is 269 g/mol. The van der Waals surface area contributed by atoms with Crippen molar-refractivity contribution in [3.63, 3.8) is 0 Å². The van der Waals surface area contributed by atoms with Gasteiger partial charge < -0.3 is 20.7 Å². The zero-order valence-corrected chi connectivity index (χ0v) is 12.4. The molecule has 3 N–H and O–H groups in total. The molecule has 0 aliphatic carbocycles. The number of nitrogens with zero attached hydrogens (tertiary/aromatic N) is 1. The maximum Gasteiger partial charge on any atom is 0.410 e. The van der Waals surface area contributed by atoms with Gasteiger partial charge in [-0.05, 0) is 59.0 Å². The number of nitrogens with two attached hydrogens (primary N) is 1. The number of piperidine rings is 1. The lowest BCUT2D eigenvalue weighted by Gasteiger charge is -2.42. The van der Waals surface area contributed by atoms with Crippen molar-refractivity contribution in [2.45, 2.75) is 51.2 Å². The molecule has 2 rings (SSSR count). The third-order valence-corrected chi connectivity index (χ3v) is 4.22. The number of carbonyl (C=O) groups excluding carboxylic acids is 1. The Hall–Kier alpha value is -0.810. The Morgan fingerprint density at radius 3 is 2.47 bits per heavy atom. The Labute approximate surface area is 115 Å². The van der Waals surface area contributed by atoms with Crippen LogP contribution in [-0.4, -0.2) is 48.3 Å². The second-order valence-electron chi connectivity index (χ2n) is 6.89. The third kappa shape index (κ3) is 3.60. The molecule has 0 bridgehead atoms. The summed E-state index contributed by atoms with van der Waals surface area (Å²) in [4.78, 5) is 13.8. The van der Waals surface area contributed by atoms with Gasteiger partial charge in [0, 0.05) is 18.6 Å². The van der Waals surface area contributed by atoms with Crippen LogP contribution in [-0.2, 0) is 4.74 Å². The van der Waals surface area contributed by atoms with Gasteiger partial charge in [-0.2, -0.15) is 0 Å². The van der Waals surface area contributed by atoms with Gasteiger partial charge in [0.05, 0.1) is 0 Å². The standard InChI is InChI=1S/C14H27N3O2/c1-13(2,3)19-12(18)17-8-5-14(15,6-9-17)11-4-7-16-10-11/h11,16H,4-10,15H2,1-3H3. The van der Waals surface area contributed by atoms with E-state index < -0.39 is 5.60 Å². The zero-order valence-electron chi connectivity index (χ0n) is 12.4. The van der Waals surface area contributed by atoms with Crippen molar-refractivity contribution in [1.29, 1.82) is 0 Å². The number of likely N-dealkylation sites (tertiary alicyclic amines) is 1. The fourth-order valence-corrected chi connectivity index (χ4v) is 2.99. The number of hydrogen-bond donors (Lipinski definition) is 2. The third-order valence-electron chi connectivity index (χ3n) is 4.22. The Morgan fingerprint density at radius 2 is 2.00 bits per heavy atom. The molecule has 0 spiro atoms. The van der Waals surface area contributed by atoms with E-state index in [0.717, 1.165) is 32.4 Å². The maximum absolute atomic E-state index is 12.0. The van der Waals surface area contributed by atoms with E-state index in [4.69, 9.17) is 10.5 Å². The molecule has 110 valence electrons. The van der Waals surface area contributed by atoms with E-state index >= 15 is 0 Å². The van der Waals surface area contributed by atoms with Crippen LogP contribution in [0.4, 0.5) is 4.79 Å². The molecule has 0 aromatic heterocycles. The van der Waals surface area contributed by atoms with Crippen molar-refractivity contribution in [2.75, 3.05) is 26.2 Å². The van der Waals surface area contributed by atoms with Gasteiger partial charge in [0.2, 0.25) is 0 Å². The predicted octanol–water partition coefficient (Wildman–Crippen LogP) is 1.32. The Bertz CT molecular complexity index is 324. The van der Waals surface area contributed by atoms with Gasteiger partial charge >= 0.3 is 6.09 Å². The van der Waals surface area contributed by atoms with E-state index in [1.165, 1.54) is 0 Å². The lowest BCUT2D eigenvalue weighted by atomic mass is 9.76. The number of carbonyl (C=O) groups is 1. The lowest BCUT2D eigenvalue weighted by Crippen LogP contribution is -2.56. The molecule has 1 atom stereocenters. The Morgan fingerprint density at radius 1 is 1.37 bits per heavy atom. The largest absolute Gasteiger partial charge is 0.444 e. The second kappa shape index (κ2) is 5.29. The predicted molar refractivity (Wildman–Crippen MR) is 74.9 cm³/mol. The molecule has 0 saturated carbocycles. The first-order valence-electron chi connectivity index (χ1n) is 7.28. The van der Waals surface area contributed by atoms with Crippen LogP contribution in [0.1, 0.15) is 40.0 Å². The lowest BCUT2D eigenvalue weighted by molar-refractivity contribution is 0.0139. The van der Waals surface area contributed by atoms with Crippen molar-refractivity contribution in [3.05, 3.63) is 0 Å². The van der Waals surface area contributed by atoms with Gasteiger partial charge in [-0.3, -0.25) is 0 Å². The molecular formula is C14H27N3O2. The first kappa shape index (κ1) is 14.6.